The van der Waals surface area contributed by atoms with Crippen LogP contribution in [0.4, 0.5) is 5.69 Å². The maximum atomic E-state index is 6.19. The van der Waals surface area contributed by atoms with Gasteiger partial charge in [0.25, 0.3) is 0 Å². The molecule has 1 aliphatic rings. The molecule has 0 fully saturated rings. The van der Waals surface area contributed by atoms with Crippen LogP contribution >= 0.6 is 11.6 Å². The Kier molecular flexibility index (Phi) is 6.50. The van der Waals surface area contributed by atoms with E-state index in [-0.39, 0.29) is 0 Å². The van der Waals surface area contributed by atoms with Crippen LogP contribution in [-0.2, 0) is 19.4 Å². The number of benzene rings is 1. The van der Waals surface area contributed by atoms with Gasteiger partial charge in [-0.1, -0.05) is 32.4 Å². The van der Waals surface area contributed by atoms with Gasteiger partial charge in [0.15, 0.2) is 11.5 Å². The number of fused-ring (bicyclic) bond motifs is 1. The monoisotopic (exact) mass is 401 g/mol. The van der Waals surface area contributed by atoms with Crippen molar-refractivity contribution in [3.05, 3.63) is 58.1 Å². The molecule has 0 N–H and O–H groups in total. The number of nitrogens with zero attached hydrogens (tertiary/aromatic N) is 2. The fourth-order valence-corrected chi connectivity index (χ4v) is 3.88. The van der Waals surface area contributed by atoms with Crippen molar-refractivity contribution in [3.63, 3.8) is 0 Å². The summed E-state index contributed by atoms with van der Waals surface area (Å²) >= 11 is 6.18. The summed E-state index contributed by atoms with van der Waals surface area (Å²) in [4.78, 5) is 2.15. The third-order valence-electron chi connectivity index (χ3n) is 5.15. The number of aryl methyl sites for hydroxylation is 1. The van der Waals surface area contributed by atoms with Gasteiger partial charge in [-0.25, -0.2) is 0 Å². The number of allylic oxidation sites excluding steroid dienone is 2. The summed E-state index contributed by atoms with van der Waals surface area (Å²) in [5.74, 6) is 3.66. The Labute approximate surface area is 173 Å². The molecule has 5 heteroatoms. The van der Waals surface area contributed by atoms with E-state index in [0.717, 1.165) is 66.9 Å². The number of oxazole rings is 1. The van der Waals surface area contributed by atoms with Crippen molar-refractivity contribution in [2.45, 2.75) is 60.4 Å². The first kappa shape index (κ1) is 20.5. The molecule has 0 saturated carbocycles. The zero-order valence-corrected chi connectivity index (χ0v) is 18.3. The average Bonchev–Trinajstić information content (AvgIpc) is 3.23. The Balaban J connectivity index is 2.00. The minimum Gasteiger partial charge on any atom is -0.439 e. The number of hydrogen-bond acceptors (Lipinski definition) is 3. The maximum absolute atomic E-state index is 6.19. The second-order valence-corrected chi connectivity index (χ2v) is 7.21. The van der Waals surface area contributed by atoms with E-state index < -0.39 is 0 Å². The van der Waals surface area contributed by atoms with Crippen LogP contribution in [0.5, 0.6) is 5.75 Å². The molecule has 0 radical (unpaired) electrons. The molecule has 1 aromatic carbocycles. The highest BCUT2D eigenvalue weighted by Gasteiger charge is 2.27. The van der Waals surface area contributed by atoms with E-state index in [0.29, 0.717) is 5.02 Å². The molecule has 2 aromatic rings. The summed E-state index contributed by atoms with van der Waals surface area (Å²) < 4.78 is 14.6. The lowest BCUT2D eigenvalue weighted by Gasteiger charge is -2.16. The lowest BCUT2D eigenvalue weighted by Crippen LogP contribution is -2.37. The van der Waals surface area contributed by atoms with Crippen molar-refractivity contribution in [2.24, 2.45) is 0 Å². The molecule has 150 valence electrons. The average molecular weight is 402 g/mol. The molecule has 0 spiro atoms. The Hall–Kier alpha value is -2.20. The molecule has 0 amide bonds. The van der Waals surface area contributed by atoms with Gasteiger partial charge in [-0.3, -0.25) is 0 Å². The first-order chi connectivity index (χ1) is 13.6. The topological polar surface area (TPSA) is 29.5 Å². The second kappa shape index (κ2) is 8.87. The number of anilines is 1. The van der Waals surface area contributed by atoms with Gasteiger partial charge in [-0.15, -0.1) is 0 Å². The first-order valence-electron chi connectivity index (χ1n) is 10.3. The van der Waals surface area contributed by atoms with Gasteiger partial charge in [0.1, 0.15) is 6.54 Å². The van der Waals surface area contributed by atoms with Gasteiger partial charge in [-0.2, -0.15) is 4.57 Å². The number of aromatic nitrogens is 1. The summed E-state index contributed by atoms with van der Waals surface area (Å²) in [5.41, 5.74) is 3.46. The summed E-state index contributed by atoms with van der Waals surface area (Å²) in [6.07, 6.45) is 7.01. The number of ether oxygens (including phenoxy) is 1. The number of rotatable bonds is 7. The fourth-order valence-electron chi connectivity index (χ4n) is 3.71. The predicted molar refractivity (Wildman–Crippen MR) is 115 cm³/mol. The molecule has 0 bridgehead atoms. The summed E-state index contributed by atoms with van der Waals surface area (Å²) in [6.45, 7) is 12.5. The van der Waals surface area contributed by atoms with Gasteiger partial charge in [-0.05, 0) is 44.0 Å². The molecule has 28 heavy (non-hydrogen) atoms. The number of hydrogen-bond donors (Lipinski definition) is 0. The smallest absolute Gasteiger partial charge is 0.373 e. The summed E-state index contributed by atoms with van der Waals surface area (Å²) in [6, 6.07) is 5.74. The predicted octanol–water partition coefficient (Wildman–Crippen LogP) is 5.92. The molecule has 2 heterocycles. The summed E-state index contributed by atoms with van der Waals surface area (Å²) in [7, 11) is 0. The van der Waals surface area contributed by atoms with Crippen molar-refractivity contribution in [1.82, 2.24) is 0 Å². The molecule has 1 aliphatic heterocycles. The number of halogens is 1. The minimum absolute atomic E-state index is 0.715. The largest absolute Gasteiger partial charge is 0.439 e. The van der Waals surface area contributed by atoms with Crippen molar-refractivity contribution < 1.29 is 13.7 Å². The maximum Gasteiger partial charge on any atom is 0.373 e. The molecular formula is C23H30ClN2O2+. The Morgan fingerprint density at radius 1 is 1.14 bits per heavy atom. The highest BCUT2D eigenvalue weighted by molar-refractivity contribution is 6.31. The highest BCUT2D eigenvalue weighted by atomic mass is 35.5. The van der Waals surface area contributed by atoms with Gasteiger partial charge in [0.05, 0.1) is 11.8 Å². The van der Waals surface area contributed by atoms with Crippen molar-refractivity contribution >= 4 is 23.4 Å². The molecule has 0 saturated heterocycles. The zero-order valence-electron chi connectivity index (χ0n) is 17.5. The minimum atomic E-state index is 0.715. The van der Waals surface area contributed by atoms with Gasteiger partial charge in [0, 0.05) is 30.5 Å². The van der Waals surface area contributed by atoms with E-state index in [1.54, 1.807) is 0 Å². The normalized spacial score (nSPS) is 15.3. The van der Waals surface area contributed by atoms with Crippen LogP contribution in [0, 0.1) is 0 Å². The van der Waals surface area contributed by atoms with Crippen molar-refractivity contribution in [3.8, 4) is 5.75 Å². The van der Waals surface area contributed by atoms with Gasteiger partial charge >= 0.3 is 5.89 Å². The zero-order chi connectivity index (χ0) is 20.3. The molecule has 0 atom stereocenters. The summed E-state index contributed by atoms with van der Waals surface area (Å²) in [5, 5.41) is 0.715. The highest BCUT2D eigenvalue weighted by Crippen LogP contribution is 2.40. The quantitative estimate of drug-likeness (QED) is 0.539. The van der Waals surface area contributed by atoms with Crippen LogP contribution in [0.3, 0.4) is 0 Å². The van der Waals surface area contributed by atoms with E-state index in [2.05, 4.69) is 56.2 Å². The van der Waals surface area contributed by atoms with Crippen molar-refractivity contribution in [2.75, 3.05) is 11.4 Å². The Bertz CT molecular complexity index is 912. The standard InChI is InChI=1S/C23H30ClN2O2/c1-6-16(13-22-25(9-4)18(7-2)20(8-3)27-22)14-23-26(10-5)19-15-17(24)11-12-21(19)28-23/h11-15H,6-10H2,1-5H3/q+1. The lowest BCUT2D eigenvalue weighted by atomic mass is 10.1. The molecule has 3 rings (SSSR count). The van der Waals surface area contributed by atoms with Crippen LogP contribution in [-0.4, -0.2) is 6.54 Å². The fraction of sp³-hybridized carbons (Fsp3) is 0.435. The SMILES string of the molecule is CCC(=C/c1oc(CC)c(CC)[n+]1CC)/C=C1\Oc2ccc(Cl)cc2N1CC. The van der Waals surface area contributed by atoms with E-state index in [1.807, 2.05) is 18.2 Å². The van der Waals surface area contributed by atoms with Gasteiger partial charge < -0.3 is 14.1 Å². The molecule has 4 nitrogen and oxygen atoms in total. The van der Waals surface area contributed by atoms with E-state index in [1.165, 1.54) is 5.69 Å². The lowest BCUT2D eigenvalue weighted by molar-refractivity contribution is -0.705. The van der Waals surface area contributed by atoms with Crippen LogP contribution in [0.25, 0.3) is 6.08 Å². The van der Waals surface area contributed by atoms with Crippen LogP contribution in [0.2, 0.25) is 5.02 Å². The molecule has 1 aromatic heterocycles. The van der Waals surface area contributed by atoms with E-state index >= 15 is 0 Å². The molecule has 0 unspecified atom stereocenters. The molecular weight excluding hydrogens is 372 g/mol. The Morgan fingerprint density at radius 3 is 2.54 bits per heavy atom. The third-order valence-corrected chi connectivity index (χ3v) is 5.38. The second-order valence-electron chi connectivity index (χ2n) is 6.78. The van der Waals surface area contributed by atoms with Crippen LogP contribution in [0.15, 0.2) is 40.1 Å². The van der Waals surface area contributed by atoms with Gasteiger partial charge in [0.2, 0.25) is 11.6 Å². The van der Waals surface area contributed by atoms with Crippen LogP contribution in [0.1, 0.15) is 58.4 Å². The first-order valence-corrected chi connectivity index (χ1v) is 10.6. The van der Waals surface area contributed by atoms with E-state index in [4.69, 9.17) is 20.8 Å². The van der Waals surface area contributed by atoms with Crippen molar-refractivity contribution in [1.29, 1.82) is 0 Å². The van der Waals surface area contributed by atoms with Crippen LogP contribution < -0.4 is 14.2 Å². The Morgan fingerprint density at radius 2 is 1.93 bits per heavy atom. The molecule has 0 aliphatic carbocycles. The third kappa shape index (κ3) is 3.83. The van der Waals surface area contributed by atoms with E-state index in [9.17, 15) is 0 Å².